The summed E-state index contributed by atoms with van der Waals surface area (Å²) in [5.41, 5.74) is 0.920. The number of nitrogens with zero attached hydrogens (tertiary/aromatic N) is 3. The van der Waals surface area contributed by atoms with Gasteiger partial charge >= 0.3 is 0 Å². The van der Waals surface area contributed by atoms with Gasteiger partial charge in [-0.05, 0) is 30.7 Å². The van der Waals surface area contributed by atoms with Crippen molar-refractivity contribution in [2.24, 2.45) is 0 Å². The minimum atomic E-state index is -3.07. The fourth-order valence-corrected chi connectivity index (χ4v) is 4.46. The van der Waals surface area contributed by atoms with Gasteiger partial charge in [-0.25, -0.2) is 17.8 Å². The Bertz CT molecular complexity index is 830. The summed E-state index contributed by atoms with van der Waals surface area (Å²) < 4.78 is 37.8. The van der Waals surface area contributed by atoms with Crippen molar-refractivity contribution in [2.45, 2.75) is 12.5 Å². The molecule has 0 N–H and O–H groups in total. The SMILES string of the molecule is CN(C(=O)c1cncn1-c1ccc(F)cc1)C1CCS(=O)(=O)C1. The highest BCUT2D eigenvalue weighted by Gasteiger charge is 2.33. The van der Waals surface area contributed by atoms with Crippen molar-refractivity contribution in [1.82, 2.24) is 14.5 Å². The molecule has 1 aliphatic rings. The highest BCUT2D eigenvalue weighted by atomic mass is 32.2. The number of rotatable bonds is 3. The second-order valence-corrected chi connectivity index (χ2v) is 7.83. The number of aromatic nitrogens is 2. The molecule has 23 heavy (non-hydrogen) atoms. The molecule has 0 saturated carbocycles. The van der Waals surface area contributed by atoms with Crippen LogP contribution in [0.5, 0.6) is 0 Å². The van der Waals surface area contributed by atoms with Gasteiger partial charge in [0.15, 0.2) is 9.84 Å². The molecular formula is C15H16FN3O3S. The molecule has 1 unspecified atom stereocenters. The lowest BCUT2D eigenvalue weighted by molar-refractivity contribution is 0.0739. The summed E-state index contributed by atoms with van der Waals surface area (Å²) in [6.07, 6.45) is 3.33. The van der Waals surface area contributed by atoms with E-state index in [1.54, 1.807) is 23.7 Å². The third kappa shape index (κ3) is 3.12. The first-order valence-corrected chi connectivity index (χ1v) is 8.95. The molecule has 0 aliphatic carbocycles. The number of hydrogen-bond donors (Lipinski definition) is 0. The fraction of sp³-hybridized carbons (Fsp3) is 0.333. The van der Waals surface area contributed by atoms with Crippen LogP contribution in [0.3, 0.4) is 0 Å². The maximum absolute atomic E-state index is 13.0. The van der Waals surface area contributed by atoms with Gasteiger partial charge in [0.1, 0.15) is 11.5 Å². The van der Waals surface area contributed by atoms with Crippen LogP contribution in [0.15, 0.2) is 36.8 Å². The standard InChI is InChI=1S/C15H16FN3O3S/c1-18(13-6-7-23(21,22)9-13)15(20)14-8-17-10-19(14)12-4-2-11(16)3-5-12/h2-5,8,10,13H,6-7,9H2,1H3. The largest absolute Gasteiger partial charge is 0.336 e. The van der Waals surface area contributed by atoms with Crippen LogP contribution in [0, 0.1) is 5.82 Å². The van der Waals surface area contributed by atoms with E-state index in [1.165, 1.54) is 29.6 Å². The van der Waals surface area contributed by atoms with Gasteiger partial charge in [-0.2, -0.15) is 0 Å². The van der Waals surface area contributed by atoms with Crippen molar-refractivity contribution in [1.29, 1.82) is 0 Å². The van der Waals surface area contributed by atoms with Gasteiger partial charge in [0.25, 0.3) is 5.91 Å². The molecule has 0 spiro atoms. The number of hydrogen-bond acceptors (Lipinski definition) is 4. The van der Waals surface area contributed by atoms with Crippen LogP contribution in [0.4, 0.5) is 4.39 Å². The van der Waals surface area contributed by atoms with Crippen LogP contribution in [0.1, 0.15) is 16.9 Å². The number of imidazole rings is 1. The number of carbonyl (C=O) groups is 1. The average molecular weight is 337 g/mol. The summed E-state index contributed by atoms with van der Waals surface area (Å²) >= 11 is 0. The van der Waals surface area contributed by atoms with E-state index < -0.39 is 9.84 Å². The van der Waals surface area contributed by atoms with Crippen molar-refractivity contribution in [3.05, 3.63) is 48.3 Å². The summed E-state index contributed by atoms with van der Waals surface area (Å²) in [6, 6.07) is 5.37. The van der Waals surface area contributed by atoms with Crippen LogP contribution in [-0.4, -0.2) is 53.4 Å². The third-order valence-corrected chi connectivity index (χ3v) is 5.79. The van der Waals surface area contributed by atoms with E-state index in [1.807, 2.05) is 0 Å². The predicted molar refractivity (Wildman–Crippen MR) is 82.7 cm³/mol. The predicted octanol–water partition coefficient (Wildman–Crippen LogP) is 1.27. The summed E-state index contributed by atoms with van der Waals surface area (Å²) in [5.74, 6) is -0.587. The highest BCUT2D eigenvalue weighted by Crippen LogP contribution is 2.20. The molecule has 1 aromatic carbocycles. The molecule has 1 aliphatic heterocycles. The van der Waals surface area contributed by atoms with Crippen LogP contribution < -0.4 is 0 Å². The zero-order valence-electron chi connectivity index (χ0n) is 12.5. The van der Waals surface area contributed by atoms with E-state index >= 15 is 0 Å². The van der Waals surface area contributed by atoms with Crippen molar-refractivity contribution in [2.75, 3.05) is 18.6 Å². The van der Waals surface area contributed by atoms with Crippen molar-refractivity contribution < 1.29 is 17.6 Å². The maximum Gasteiger partial charge on any atom is 0.272 e. The number of carbonyl (C=O) groups excluding carboxylic acids is 1. The molecule has 3 rings (SSSR count). The quantitative estimate of drug-likeness (QED) is 0.845. The minimum Gasteiger partial charge on any atom is -0.336 e. The van der Waals surface area contributed by atoms with E-state index in [9.17, 15) is 17.6 Å². The third-order valence-electron chi connectivity index (χ3n) is 4.04. The number of amides is 1. The Labute approximate surface area is 133 Å². The Morgan fingerprint density at radius 3 is 2.65 bits per heavy atom. The normalized spacial score (nSPS) is 19.7. The first-order valence-electron chi connectivity index (χ1n) is 7.13. The Kier molecular flexibility index (Phi) is 3.93. The monoisotopic (exact) mass is 337 g/mol. The minimum absolute atomic E-state index is 0.0140. The molecule has 6 nitrogen and oxygen atoms in total. The lowest BCUT2D eigenvalue weighted by atomic mass is 10.2. The Balaban J connectivity index is 1.86. The topological polar surface area (TPSA) is 72.3 Å². The van der Waals surface area contributed by atoms with E-state index in [2.05, 4.69) is 4.98 Å². The van der Waals surface area contributed by atoms with Crippen LogP contribution >= 0.6 is 0 Å². The van der Waals surface area contributed by atoms with Gasteiger partial charge < -0.3 is 4.90 Å². The van der Waals surface area contributed by atoms with E-state index in [0.29, 0.717) is 17.8 Å². The zero-order valence-corrected chi connectivity index (χ0v) is 13.3. The van der Waals surface area contributed by atoms with Crippen molar-refractivity contribution in [3.8, 4) is 5.69 Å². The summed E-state index contributed by atoms with van der Waals surface area (Å²) in [6.45, 7) is 0. The van der Waals surface area contributed by atoms with Gasteiger partial charge in [-0.1, -0.05) is 0 Å². The molecule has 1 fully saturated rings. The highest BCUT2D eigenvalue weighted by molar-refractivity contribution is 7.91. The molecule has 1 atom stereocenters. The number of sulfone groups is 1. The molecule has 1 amide bonds. The second-order valence-electron chi connectivity index (χ2n) is 5.60. The number of benzene rings is 1. The van der Waals surface area contributed by atoms with Crippen LogP contribution in [-0.2, 0) is 9.84 Å². The van der Waals surface area contributed by atoms with Gasteiger partial charge in [-0.15, -0.1) is 0 Å². The molecule has 8 heteroatoms. The Morgan fingerprint density at radius 1 is 1.35 bits per heavy atom. The fourth-order valence-electron chi connectivity index (χ4n) is 2.69. The summed E-state index contributed by atoms with van der Waals surface area (Å²) in [4.78, 5) is 18.1. The molecule has 2 aromatic rings. The van der Waals surface area contributed by atoms with Crippen molar-refractivity contribution >= 4 is 15.7 Å². The molecule has 2 heterocycles. The molecule has 0 bridgehead atoms. The van der Waals surface area contributed by atoms with E-state index in [-0.39, 0.29) is 29.3 Å². The first kappa shape index (κ1) is 15.7. The second kappa shape index (κ2) is 5.77. The summed E-state index contributed by atoms with van der Waals surface area (Å²) in [7, 11) is -1.47. The van der Waals surface area contributed by atoms with Crippen LogP contribution in [0.25, 0.3) is 5.69 Å². The van der Waals surface area contributed by atoms with Crippen LogP contribution in [0.2, 0.25) is 0 Å². The van der Waals surface area contributed by atoms with Gasteiger partial charge in [0, 0.05) is 18.8 Å². The number of halogens is 1. The first-order chi connectivity index (χ1) is 10.9. The molecule has 0 radical (unpaired) electrons. The molecule has 122 valence electrons. The van der Waals surface area contributed by atoms with Gasteiger partial charge in [0.2, 0.25) is 0 Å². The molecular weight excluding hydrogens is 321 g/mol. The Morgan fingerprint density at radius 2 is 2.04 bits per heavy atom. The van der Waals surface area contributed by atoms with Crippen molar-refractivity contribution in [3.63, 3.8) is 0 Å². The zero-order chi connectivity index (χ0) is 16.6. The lowest BCUT2D eigenvalue weighted by Crippen LogP contribution is -2.38. The van der Waals surface area contributed by atoms with Gasteiger partial charge in [-0.3, -0.25) is 9.36 Å². The maximum atomic E-state index is 13.0. The molecule has 1 aromatic heterocycles. The van der Waals surface area contributed by atoms with E-state index in [4.69, 9.17) is 0 Å². The molecule has 1 saturated heterocycles. The van der Waals surface area contributed by atoms with Gasteiger partial charge in [0.05, 0.1) is 24.0 Å². The average Bonchev–Trinajstić information content (AvgIpc) is 3.13. The lowest BCUT2D eigenvalue weighted by Gasteiger charge is -2.23. The van der Waals surface area contributed by atoms with E-state index in [0.717, 1.165) is 0 Å². The summed E-state index contributed by atoms with van der Waals surface area (Å²) in [5, 5.41) is 0. The Hall–Kier alpha value is -2.22. The smallest absolute Gasteiger partial charge is 0.272 e.